The van der Waals surface area contributed by atoms with Gasteiger partial charge in [-0.3, -0.25) is 38.9 Å². The number of anilines is 3. The molecule has 6 heterocycles. The first-order valence-electron chi connectivity index (χ1n) is 24.3. The van der Waals surface area contributed by atoms with E-state index in [2.05, 4.69) is 38.1 Å². The summed E-state index contributed by atoms with van der Waals surface area (Å²) in [7, 11) is 3.38. The molecule has 0 saturated carbocycles. The van der Waals surface area contributed by atoms with Gasteiger partial charge < -0.3 is 39.5 Å². The van der Waals surface area contributed by atoms with Crippen LogP contribution in [0.5, 0.6) is 0 Å². The lowest BCUT2D eigenvalue weighted by atomic mass is 9.86. The second kappa shape index (κ2) is 21.7. The predicted molar refractivity (Wildman–Crippen MR) is 256 cm³/mol. The number of hydrogen-bond acceptors (Lipinski definition) is 12. The van der Waals surface area contributed by atoms with Crippen LogP contribution in [0.3, 0.4) is 0 Å². The number of likely N-dealkylation sites (tertiary alicyclic amines) is 1. The van der Waals surface area contributed by atoms with Crippen LogP contribution >= 0.6 is 0 Å². The van der Waals surface area contributed by atoms with Crippen molar-refractivity contribution in [1.82, 2.24) is 35.1 Å². The number of imide groups is 2. The summed E-state index contributed by atoms with van der Waals surface area (Å²) < 4.78 is 48.1. The van der Waals surface area contributed by atoms with Crippen molar-refractivity contribution < 1.29 is 51.8 Å². The number of amides is 7. The van der Waals surface area contributed by atoms with Crippen LogP contribution in [0.1, 0.15) is 99.4 Å². The summed E-state index contributed by atoms with van der Waals surface area (Å²) >= 11 is 0. The zero-order valence-corrected chi connectivity index (χ0v) is 40.0. The summed E-state index contributed by atoms with van der Waals surface area (Å²) in [5, 5.41) is 12.3. The molecule has 1 aromatic heterocycles. The SMILES string of the molecule is CNC(=O)N1Cc2cc(C3CCN(C(=O)CCOCCOCCOCCNc4ccc5c(c4)C(=O)N(C4CCC(=O)NC4=O)C5=O)CC3)cc(N3CCCc4cc(-c5cnn(C)c5)c(C(F)F)cc43)c2C1. The van der Waals surface area contributed by atoms with Gasteiger partial charge in [-0.25, -0.2) is 13.6 Å². The number of benzene rings is 3. The number of carbonyl (C=O) groups excluding carboxylic acids is 6. The Balaban J connectivity index is 0.700. The molecule has 3 aromatic carbocycles. The highest BCUT2D eigenvalue weighted by atomic mass is 19.3. The molecule has 5 aliphatic rings. The van der Waals surface area contributed by atoms with E-state index in [-0.39, 0.29) is 60.4 Å². The number of halogens is 2. The summed E-state index contributed by atoms with van der Waals surface area (Å²) in [4.78, 5) is 82.8. The average molecular weight is 980 g/mol. The van der Waals surface area contributed by atoms with E-state index in [1.54, 1.807) is 60.3 Å². The van der Waals surface area contributed by atoms with Gasteiger partial charge in [0.1, 0.15) is 6.04 Å². The molecule has 20 heteroatoms. The van der Waals surface area contributed by atoms with E-state index in [1.807, 2.05) is 11.0 Å². The third kappa shape index (κ3) is 10.6. The van der Waals surface area contributed by atoms with Crippen molar-refractivity contribution in [3.63, 3.8) is 0 Å². The van der Waals surface area contributed by atoms with E-state index in [9.17, 15) is 37.5 Å². The third-order valence-corrected chi connectivity index (χ3v) is 14.0. The van der Waals surface area contributed by atoms with Gasteiger partial charge in [0.2, 0.25) is 17.7 Å². The van der Waals surface area contributed by atoms with Crippen LogP contribution in [0.4, 0.5) is 30.6 Å². The lowest BCUT2D eigenvalue weighted by Crippen LogP contribution is -2.54. The molecular weight excluding hydrogens is 921 g/mol. The summed E-state index contributed by atoms with van der Waals surface area (Å²) in [5.74, 6) is -2.00. The van der Waals surface area contributed by atoms with Crippen molar-refractivity contribution in [3.8, 4) is 11.1 Å². The molecule has 1 unspecified atom stereocenters. The third-order valence-electron chi connectivity index (χ3n) is 14.0. The Morgan fingerprint density at radius 1 is 0.803 bits per heavy atom. The molecule has 5 aliphatic heterocycles. The fourth-order valence-corrected chi connectivity index (χ4v) is 10.4. The molecule has 1 atom stereocenters. The molecule has 2 fully saturated rings. The van der Waals surface area contributed by atoms with Gasteiger partial charge in [0.25, 0.3) is 18.2 Å². The largest absolute Gasteiger partial charge is 0.383 e. The molecule has 4 aromatic rings. The number of rotatable bonds is 18. The van der Waals surface area contributed by atoms with Crippen LogP contribution in [0.15, 0.2) is 54.9 Å². The number of alkyl halides is 2. The molecule has 0 radical (unpaired) electrons. The fourth-order valence-electron chi connectivity index (χ4n) is 10.4. The number of aryl methyl sites for hydroxylation is 2. The monoisotopic (exact) mass is 979 g/mol. The Bertz CT molecular complexity index is 2700. The van der Waals surface area contributed by atoms with Crippen LogP contribution in [-0.2, 0) is 55.2 Å². The molecule has 0 bridgehead atoms. The number of fused-ring (bicyclic) bond motifs is 3. The quantitative estimate of drug-likeness (QED) is 0.0847. The number of nitrogens with zero attached hydrogens (tertiary/aromatic N) is 6. The highest BCUT2D eigenvalue weighted by molar-refractivity contribution is 6.23. The standard InChI is InChI=1S/C51H59F2N9O9/c1-54-51(68)60-29-34-22-33(24-44(41(34)30-60)61-13-3-4-32-23-38(35-27-56-58(2)28-35)39(47(52)53)26-43(32)61)31-9-14-59(15-10-31)46(64)11-16-69-18-20-71-21-19-70-17-12-55-36-5-6-37-40(25-36)50(67)62(49(37)66)42-7-8-45(63)57-48(42)65/h5-6,22-28,31,42,47,55H,3-4,7-21,29-30H2,1-2H3,(H,54,68)(H,57,63,65). The number of ether oxygens (including phenoxy) is 3. The molecule has 7 amide bonds. The Hall–Kier alpha value is -6.77. The number of nitrogens with one attached hydrogen (secondary N) is 3. The van der Waals surface area contributed by atoms with Gasteiger partial charge in [-0.15, -0.1) is 0 Å². The minimum absolute atomic E-state index is 0.0295. The normalized spacial score (nSPS) is 18.0. The van der Waals surface area contributed by atoms with Gasteiger partial charge in [-0.1, -0.05) is 6.07 Å². The maximum atomic E-state index is 14.8. The molecule has 9 rings (SSSR count). The molecule has 71 heavy (non-hydrogen) atoms. The minimum atomic E-state index is -2.68. The molecule has 376 valence electrons. The Morgan fingerprint density at radius 2 is 1.55 bits per heavy atom. The fraction of sp³-hybridized carbons (Fsp3) is 0.471. The van der Waals surface area contributed by atoms with Crippen molar-refractivity contribution in [2.75, 3.05) is 83.1 Å². The van der Waals surface area contributed by atoms with E-state index in [0.29, 0.717) is 89.1 Å². The van der Waals surface area contributed by atoms with Gasteiger partial charge in [-0.2, -0.15) is 5.10 Å². The topological polar surface area (TPSA) is 197 Å². The van der Waals surface area contributed by atoms with E-state index >= 15 is 0 Å². The maximum absolute atomic E-state index is 14.8. The van der Waals surface area contributed by atoms with E-state index in [0.717, 1.165) is 64.2 Å². The zero-order chi connectivity index (χ0) is 49.8. The Kier molecular flexibility index (Phi) is 15.0. The molecule has 0 aliphatic carbocycles. The summed E-state index contributed by atoms with van der Waals surface area (Å²) in [6.45, 7) is 5.11. The van der Waals surface area contributed by atoms with Crippen LogP contribution < -0.4 is 20.9 Å². The first-order valence-corrected chi connectivity index (χ1v) is 24.3. The highest BCUT2D eigenvalue weighted by Gasteiger charge is 2.45. The van der Waals surface area contributed by atoms with Gasteiger partial charge in [0.15, 0.2) is 0 Å². The zero-order valence-electron chi connectivity index (χ0n) is 40.0. The Morgan fingerprint density at radius 3 is 2.27 bits per heavy atom. The van der Waals surface area contributed by atoms with Crippen LogP contribution in [0, 0.1) is 0 Å². The summed E-state index contributed by atoms with van der Waals surface area (Å²) in [6.07, 6.45) is 4.22. The van der Waals surface area contributed by atoms with E-state index in [1.165, 1.54) is 0 Å². The number of piperidine rings is 2. The first kappa shape index (κ1) is 49.2. The van der Waals surface area contributed by atoms with Crippen molar-refractivity contribution in [3.05, 3.63) is 93.8 Å². The molecule has 3 N–H and O–H groups in total. The lowest BCUT2D eigenvalue weighted by molar-refractivity contribution is -0.136. The van der Waals surface area contributed by atoms with Crippen LogP contribution in [-0.4, -0.2) is 139 Å². The van der Waals surface area contributed by atoms with Gasteiger partial charge >= 0.3 is 6.03 Å². The molecular formula is C51H59F2N9O9. The maximum Gasteiger partial charge on any atom is 0.317 e. The number of aromatic nitrogens is 2. The minimum Gasteiger partial charge on any atom is -0.383 e. The molecule has 18 nitrogen and oxygen atoms in total. The smallest absolute Gasteiger partial charge is 0.317 e. The lowest BCUT2D eigenvalue weighted by Gasteiger charge is -2.36. The van der Waals surface area contributed by atoms with Crippen LogP contribution in [0.25, 0.3) is 11.1 Å². The molecule has 0 spiro atoms. The van der Waals surface area contributed by atoms with Crippen molar-refractivity contribution in [2.24, 2.45) is 7.05 Å². The number of carbonyl (C=O) groups is 6. The Labute approximate surface area is 409 Å². The second-order valence-electron chi connectivity index (χ2n) is 18.5. The number of urea groups is 1. The van der Waals surface area contributed by atoms with Gasteiger partial charge in [-0.05, 0) is 96.7 Å². The summed E-state index contributed by atoms with van der Waals surface area (Å²) in [5.41, 5.74) is 8.03. The van der Waals surface area contributed by atoms with Crippen molar-refractivity contribution in [2.45, 2.75) is 76.4 Å². The first-order chi connectivity index (χ1) is 34.4. The van der Waals surface area contributed by atoms with Gasteiger partial charge in [0, 0.05) is 93.2 Å². The number of hydrogen-bond donors (Lipinski definition) is 3. The van der Waals surface area contributed by atoms with Crippen molar-refractivity contribution in [1.29, 1.82) is 0 Å². The van der Waals surface area contributed by atoms with E-state index < -0.39 is 36.1 Å². The van der Waals surface area contributed by atoms with Crippen LogP contribution in [0.2, 0.25) is 0 Å². The highest BCUT2D eigenvalue weighted by Crippen LogP contribution is 2.45. The van der Waals surface area contributed by atoms with E-state index in [4.69, 9.17) is 14.2 Å². The average Bonchev–Trinajstić information content (AvgIpc) is 4.08. The van der Waals surface area contributed by atoms with Crippen molar-refractivity contribution >= 4 is 52.6 Å². The summed E-state index contributed by atoms with van der Waals surface area (Å²) in [6, 6.07) is 11.5. The van der Waals surface area contributed by atoms with Gasteiger partial charge in [0.05, 0.1) is 69.9 Å². The predicted octanol–water partition coefficient (Wildman–Crippen LogP) is 5.42. The second-order valence-corrected chi connectivity index (χ2v) is 18.5. The molecule has 2 saturated heterocycles.